The Kier molecular flexibility index (Phi) is 9.23. The molecule has 0 radical (unpaired) electrons. The molecular weight excluding hydrogens is 440 g/mol. The molecule has 2 rings (SSSR count). The van der Waals surface area contributed by atoms with Crippen LogP contribution in [-0.2, 0) is 19.1 Å². The molecule has 2 amide bonds. The molecule has 2 atom stereocenters. The summed E-state index contributed by atoms with van der Waals surface area (Å²) in [6, 6.07) is 4.83. The van der Waals surface area contributed by atoms with Crippen molar-refractivity contribution in [2.45, 2.75) is 39.8 Å². The number of ether oxygens (including phenoxy) is 2. The van der Waals surface area contributed by atoms with Gasteiger partial charge in [-0.3, -0.25) is 19.6 Å². The third-order valence-electron chi connectivity index (χ3n) is 5.13. The minimum atomic E-state index is -0.771. The Balaban J connectivity index is 2.10. The molecule has 2 aromatic rings. The number of hydrogen-bond acceptors (Lipinski definition) is 8. The number of hydrogen-bond donors (Lipinski definition) is 2. The molecule has 182 valence electrons. The summed E-state index contributed by atoms with van der Waals surface area (Å²) in [6.45, 7) is 7.21. The molecule has 0 aliphatic rings. The average Bonchev–Trinajstić information content (AvgIpc) is 2.84. The van der Waals surface area contributed by atoms with Gasteiger partial charge in [0.25, 0.3) is 11.8 Å². The molecule has 0 fully saturated rings. The molecule has 0 spiro atoms. The lowest BCUT2D eigenvalue weighted by Crippen LogP contribution is -2.45. The molecule has 10 heteroatoms. The molecule has 0 unspecified atom stereocenters. The van der Waals surface area contributed by atoms with Gasteiger partial charge < -0.3 is 20.1 Å². The van der Waals surface area contributed by atoms with E-state index in [0.717, 1.165) is 0 Å². The highest BCUT2D eigenvalue weighted by Gasteiger charge is 2.26. The smallest absolute Gasteiger partial charge is 0.328 e. The van der Waals surface area contributed by atoms with Gasteiger partial charge in [-0.15, -0.1) is 0 Å². The van der Waals surface area contributed by atoms with Gasteiger partial charge in [0, 0.05) is 12.4 Å². The van der Waals surface area contributed by atoms with Crippen molar-refractivity contribution in [2.24, 2.45) is 11.8 Å². The lowest BCUT2D eigenvalue weighted by atomic mass is 10.0. The summed E-state index contributed by atoms with van der Waals surface area (Å²) in [5.74, 6) is -2.24. The van der Waals surface area contributed by atoms with Crippen molar-refractivity contribution >= 4 is 23.8 Å². The van der Waals surface area contributed by atoms with Gasteiger partial charge in [0.2, 0.25) is 0 Å². The van der Waals surface area contributed by atoms with Gasteiger partial charge in [0.15, 0.2) is 0 Å². The number of carbonyl (C=O) groups is 4. The topological polar surface area (TPSA) is 137 Å². The van der Waals surface area contributed by atoms with E-state index in [4.69, 9.17) is 9.47 Å². The van der Waals surface area contributed by atoms with Crippen LogP contribution in [0.15, 0.2) is 36.7 Å². The first kappa shape index (κ1) is 26.4. The van der Waals surface area contributed by atoms with E-state index in [2.05, 4.69) is 20.6 Å². The summed E-state index contributed by atoms with van der Waals surface area (Å²) >= 11 is 0. The fourth-order valence-electron chi connectivity index (χ4n) is 3.06. The molecular formula is C24H30N4O6. The van der Waals surface area contributed by atoms with Gasteiger partial charge in [-0.05, 0) is 36.1 Å². The predicted molar refractivity (Wildman–Crippen MR) is 124 cm³/mol. The Morgan fingerprint density at radius 3 is 1.26 bits per heavy atom. The van der Waals surface area contributed by atoms with E-state index in [-0.39, 0.29) is 23.0 Å². The first-order valence-corrected chi connectivity index (χ1v) is 10.8. The molecule has 0 saturated heterocycles. The summed E-state index contributed by atoms with van der Waals surface area (Å²) in [7, 11) is 2.54. The number of amides is 2. The Bertz CT molecular complexity index is 935. The highest BCUT2D eigenvalue weighted by Crippen LogP contribution is 2.16. The first-order valence-electron chi connectivity index (χ1n) is 10.8. The largest absolute Gasteiger partial charge is 0.467 e. The van der Waals surface area contributed by atoms with Crippen LogP contribution in [-0.4, -0.2) is 60.0 Å². The second kappa shape index (κ2) is 11.9. The number of rotatable bonds is 9. The minimum absolute atomic E-state index is 0.146. The summed E-state index contributed by atoms with van der Waals surface area (Å²) in [5, 5.41) is 5.30. The molecule has 0 bridgehead atoms. The van der Waals surface area contributed by atoms with Gasteiger partial charge in [-0.1, -0.05) is 27.7 Å². The number of pyridine rings is 2. The predicted octanol–water partition coefficient (Wildman–Crippen LogP) is 2.00. The Labute approximate surface area is 198 Å². The summed E-state index contributed by atoms with van der Waals surface area (Å²) < 4.78 is 9.47. The molecule has 0 aromatic carbocycles. The van der Waals surface area contributed by atoms with Crippen LogP contribution in [0.2, 0.25) is 0 Å². The second-order valence-electron chi connectivity index (χ2n) is 8.30. The van der Waals surface area contributed by atoms with Crippen LogP contribution < -0.4 is 10.6 Å². The van der Waals surface area contributed by atoms with E-state index in [1.807, 2.05) is 0 Å². The van der Waals surface area contributed by atoms with Gasteiger partial charge in [0.05, 0.1) is 36.7 Å². The van der Waals surface area contributed by atoms with E-state index in [1.165, 1.54) is 26.6 Å². The van der Waals surface area contributed by atoms with Crippen LogP contribution in [0.3, 0.4) is 0 Å². The Morgan fingerprint density at radius 1 is 0.676 bits per heavy atom. The monoisotopic (exact) mass is 470 g/mol. The normalized spacial score (nSPS) is 12.6. The maximum absolute atomic E-state index is 12.5. The maximum Gasteiger partial charge on any atom is 0.328 e. The molecule has 2 aromatic heterocycles. The number of nitrogens with zero attached hydrogens (tertiary/aromatic N) is 2. The zero-order valence-electron chi connectivity index (χ0n) is 20.1. The van der Waals surface area contributed by atoms with Crippen molar-refractivity contribution in [1.29, 1.82) is 0 Å². The lowest BCUT2D eigenvalue weighted by molar-refractivity contribution is -0.144. The van der Waals surface area contributed by atoms with E-state index < -0.39 is 35.8 Å². The Morgan fingerprint density at radius 2 is 1.03 bits per heavy atom. The molecule has 0 saturated carbocycles. The zero-order chi connectivity index (χ0) is 25.4. The minimum Gasteiger partial charge on any atom is -0.467 e. The van der Waals surface area contributed by atoms with Gasteiger partial charge >= 0.3 is 11.9 Å². The quantitative estimate of drug-likeness (QED) is 0.531. The highest BCUT2D eigenvalue weighted by molar-refractivity contribution is 5.97. The van der Waals surface area contributed by atoms with Crippen molar-refractivity contribution in [3.63, 3.8) is 0 Å². The Hall–Kier alpha value is -3.82. The SMILES string of the molecule is COC(=O)[C@@H](NC(=O)c1ccc(-c2ccc(C(=O)N[C@H](C(=O)OC)C(C)C)cn2)nc1)C(C)C. The van der Waals surface area contributed by atoms with Gasteiger partial charge in [0.1, 0.15) is 12.1 Å². The van der Waals surface area contributed by atoms with E-state index >= 15 is 0 Å². The molecule has 2 heterocycles. The standard InChI is InChI=1S/C24H30N4O6/c1-13(2)19(23(31)33-5)27-21(29)15-7-9-17(25-11-15)18-10-8-16(12-26-18)22(30)28-20(14(3)4)24(32)34-6/h7-14,19-20H,1-6H3,(H,27,29)(H,28,30)/t19-,20-/m0/s1. The van der Waals surface area contributed by atoms with Crippen LogP contribution >= 0.6 is 0 Å². The van der Waals surface area contributed by atoms with Gasteiger partial charge in [-0.25, -0.2) is 9.59 Å². The molecule has 0 aliphatic heterocycles. The molecule has 10 nitrogen and oxygen atoms in total. The van der Waals surface area contributed by atoms with E-state index in [9.17, 15) is 19.2 Å². The third kappa shape index (κ3) is 6.60. The van der Waals surface area contributed by atoms with Crippen molar-refractivity contribution < 1.29 is 28.7 Å². The van der Waals surface area contributed by atoms with Crippen LogP contribution in [0.25, 0.3) is 11.4 Å². The summed E-state index contributed by atoms with van der Waals surface area (Å²) in [5.41, 5.74) is 1.53. The number of nitrogens with one attached hydrogen (secondary N) is 2. The number of methoxy groups -OCH3 is 2. The fourth-order valence-corrected chi connectivity index (χ4v) is 3.06. The number of aromatic nitrogens is 2. The lowest BCUT2D eigenvalue weighted by Gasteiger charge is -2.19. The highest BCUT2D eigenvalue weighted by atomic mass is 16.5. The van der Waals surface area contributed by atoms with Crippen LogP contribution in [0.1, 0.15) is 48.4 Å². The van der Waals surface area contributed by atoms with Crippen molar-refractivity contribution in [2.75, 3.05) is 14.2 Å². The van der Waals surface area contributed by atoms with Crippen LogP contribution in [0.4, 0.5) is 0 Å². The molecule has 34 heavy (non-hydrogen) atoms. The van der Waals surface area contributed by atoms with Crippen molar-refractivity contribution in [1.82, 2.24) is 20.6 Å². The molecule has 0 aliphatic carbocycles. The third-order valence-corrected chi connectivity index (χ3v) is 5.13. The maximum atomic E-state index is 12.5. The number of carbonyl (C=O) groups excluding carboxylic acids is 4. The van der Waals surface area contributed by atoms with Gasteiger partial charge in [-0.2, -0.15) is 0 Å². The fraction of sp³-hybridized carbons (Fsp3) is 0.417. The van der Waals surface area contributed by atoms with E-state index in [1.54, 1.807) is 52.0 Å². The van der Waals surface area contributed by atoms with Crippen molar-refractivity contribution in [3.05, 3.63) is 47.8 Å². The number of esters is 2. The van der Waals surface area contributed by atoms with Crippen LogP contribution in [0, 0.1) is 11.8 Å². The zero-order valence-corrected chi connectivity index (χ0v) is 20.1. The average molecular weight is 471 g/mol. The summed E-state index contributed by atoms with van der Waals surface area (Å²) in [6.07, 6.45) is 2.76. The second-order valence-corrected chi connectivity index (χ2v) is 8.30. The van der Waals surface area contributed by atoms with Crippen LogP contribution in [0.5, 0.6) is 0 Å². The van der Waals surface area contributed by atoms with Crippen molar-refractivity contribution in [3.8, 4) is 11.4 Å². The summed E-state index contributed by atoms with van der Waals surface area (Å²) in [4.78, 5) is 57.3. The van der Waals surface area contributed by atoms with E-state index in [0.29, 0.717) is 11.4 Å². The first-order chi connectivity index (χ1) is 16.1. The molecule has 2 N–H and O–H groups in total.